The van der Waals surface area contributed by atoms with Gasteiger partial charge in [-0.3, -0.25) is 14.9 Å². The van der Waals surface area contributed by atoms with Crippen LogP contribution in [0.4, 0.5) is 20.2 Å². The summed E-state index contributed by atoms with van der Waals surface area (Å²) in [4.78, 5) is 31.0. The van der Waals surface area contributed by atoms with Crippen LogP contribution in [-0.4, -0.2) is 35.1 Å². The van der Waals surface area contributed by atoms with Gasteiger partial charge in [-0.05, 0) is 0 Å². The van der Waals surface area contributed by atoms with E-state index >= 15 is 0 Å². The number of nitro groups is 1. The second kappa shape index (κ2) is 6.52. The molecule has 0 saturated carbocycles. The van der Waals surface area contributed by atoms with Crippen LogP contribution >= 0.6 is 0 Å². The van der Waals surface area contributed by atoms with Crippen molar-refractivity contribution in [2.24, 2.45) is 0 Å². The maximum absolute atomic E-state index is 13.4. The molecule has 10 heteroatoms. The Morgan fingerprint density at radius 2 is 2.00 bits per heavy atom. The number of aliphatic carboxylic acids is 1. The summed E-state index contributed by atoms with van der Waals surface area (Å²) >= 11 is 0. The van der Waals surface area contributed by atoms with Crippen LogP contribution in [-0.2, 0) is 14.3 Å². The molecule has 0 fully saturated rings. The second-order valence-corrected chi connectivity index (χ2v) is 3.47. The zero-order valence-electron chi connectivity index (χ0n) is 9.76. The molecule has 1 rings (SSSR count). The lowest BCUT2D eigenvalue weighted by atomic mass is 10.2. The molecule has 20 heavy (non-hydrogen) atoms. The number of nitrogens with one attached hydrogen (secondary N) is 1. The van der Waals surface area contributed by atoms with Crippen molar-refractivity contribution in [3.63, 3.8) is 0 Å². The first-order chi connectivity index (χ1) is 9.31. The van der Waals surface area contributed by atoms with Gasteiger partial charge in [-0.15, -0.1) is 0 Å². The maximum Gasteiger partial charge on any atom is 0.329 e. The summed E-state index contributed by atoms with van der Waals surface area (Å²) in [5.74, 6) is -4.84. The van der Waals surface area contributed by atoms with E-state index < -0.39 is 53.0 Å². The molecule has 0 aromatic heterocycles. The molecule has 0 bridgehead atoms. The molecular weight excluding hydrogens is 282 g/mol. The van der Waals surface area contributed by atoms with Gasteiger partial charge in [-0.1, -0.05) is 0 Å². The van der Waals surface area contributed by atoms with Crippen molar-refractivity contribution < 1.29 is 33.1 Å². The number of carbonyl (C=O) groups excluding carboxylic acids is 1. The molecule has 0 heterocycles. The highest BCUT2D eigenvalue weighted by molar-refractivity contribution is 5.94. The monoisotopic (exact) mass is 290 g/mol. The van der Waals surface area contributed by atoms with E-state index in [1.807, 2.05) is 5.32 Å². The molecule has 0 radical (unpaired) electrons. The Labute approximate surface area is 110 Å². The van der Waals surface area contributed by atoms with Crippen molar-refractivity contribution in [3.8, 4) is 0 Å². The molecule has 8 nitrogen and oxygen atoms in total. The predicted molar refractivity (Wildman–Crippen MR) is 60.1 cm³/mol. The van der Waals surface area contributed by atoms with Gasteiger partial charge in [-0.25, -0.2) is 13.6 Å². The Morgan fingerprint density at radius 1 is 1.35 bits per heavy atom. The molecule has 0 aliphatic heterocycles. The van der Waals surface area contributed by atoms with E-state index in [0.29, 0.717) is 12.1 Å². The van der Waals surface area contributed by atoms with Crippen LogP contribution in [0.25, 0.3) is 0 Å². The Hall–Kier alpha value is -2.62. The average molecular weight is 290 g/mol. The number of amides is 1. The summed E-state index contributed by atoms with van der Waals surface area (Å²) in [6.07, 6.45) is 0. The number of ether oxygens (including phenoxy) is 1. The van der Waals surface area contributed by atoms with Crippen LogP contribution in [0.2, 0.25) is 0 Å². The zero-order chi connectivity index (χ0) is 15.3. The number of nitrogens with zero attached hydrogens (tertiary/aromatic N) is 1. The van der Waals surface area contributed by atoms with Crippen LogP contribution in [0.3, 0.4) is 0 Å². The molecule has 1 aromatic rings. The molecule has 0 aliphatic carbocycles. The standard InChI is InChI=1S/C10H8F2N2O6/c11-5-1-6(12)10(7(2-5)14(18)19)13-8(15)3-20-4-9(16)17/h1-2H,3-4H2,(H,13,15)(H,16,17). The molecule has 1 amide bonds. The maximum atomic E-state index is 13.4. The van der Waals surface area contributed by atoms with Gasteiger partial charge >= 0.3 is 5.97 Å². The summed E-state index contributed by atoms with van der Waals surface area (Å²) in [5.41, 5.74) is -1.78. The highest BCUT2D eigenvalue weighted by Gasteiger charge is 2.22. The first-order valence-corrected chi connectivity index (χ1v) is 5.04. The fraction of sp³-hybridized carbons (Fsp3) is 0.200. The van der Waals surface area contributed by atoms with Crippen molar-refractivity contribution in [2.45, 2.75) is 0 Å². The molecule has 0 atom stereocenters. The smallest absolute Gasteiger partial charge is 0.329 e. The predicted octanol–water partition coefficient (Wildman–Crippen LogP) is 0.913. The van der Waals surface area contributed by atoms with Gasteiger partial charge in [0.05, 0.1) is 11.0 Å². The normalized spacial score (nSPS) is 10.1. The van der Waals surface area contributed by atoms with Crippen LogP contribution in [0.5, 0.6) is 0 Å². The van der Waals surface area contributed by atoms with Gasteiger partial charge < -0.3 is 15.2 Å². The Bertz CT molecular complexity index is 563. The summed E-state index contributed by atoms with van der Waals surface area (Å²) in [7, 11) is 0. The highest BCUT2D eigenvalue weighted by Crippen LogP contribution is 2.28. The minimum Gasteiger partial charge on any atom is -0.480 e. The number of rotatable bonds is 6. The van der Waals surface area contributed by atoms with Crippen molar-refractivity contribution in [3.05, 3.63) is 33.9 Å². The fourth-order valence-electron chi connectivity index (χ4n) is 1.23. The first-order valence-electron chi connectivity index (χ1n) is 5.04. The third-order valence-electron chi connectivity index (χ3n) is 1.95. The fourth-order valence-corrected chi connectivity index (χ4v) is 1.23. The number of anilines is 1. The number of hydrogen-bond donors (Lipinski definition) is 2. The number of halogens is 2. The number of hydrogen-bond acceptors (Lipinski definition) is 5. The third kappa shape index (κ3) is 4.24. The van der Waals surface area contributed by atoms with E-state index in [-0.39, 0.29) is 0 Å². The number of carboxylic acids is 1. The SMILES string of the molecule is O=C(O)COCC(=O)Nc1c(F)cc(F)cc1[N+](=O)[O-]. The number of benzene rings is 1. The lowest BCUT2D eigenvalue weighted by Gasteiger charge is -2.07. The topological polar surface area (TPSA) is 119 Å². The van der Waals surface area contributed by atoms with Gasteiger partial charge in [0.15, 0.2) is 11.5 Å². The van der Waals surface area contributed by atoms with Crippen LogP contribution < -0.4 is 5.32 Å². The van der Waals surface area contributed by atoms with Crippen molar-refractivity contribution >= 4 is 23.3 Å². The molecular formula is C10H8F2N2O6. The van der Waals surface area contributed by atoms with Crippen molar-refractivity contribution in [1.29, 1.82) is 0 Å². The number of nitro benzene ring substituents is 1. The number of carbonyl (C=O) groups is 2. The first kappa shape index (κ1) is 15.4. The zero-order valence-corrected chi connectivity index (χ0v) is 9.76. The van der Waals surface area contributed by atoms with Crippen molar-refractivity contribution in [2.75, 3.05) is 18.5 Å². The highest BCUT2D eigenvalue weighted by atomic mass is 19.1. The van der Waals surface area contributed by atoms with E-state index in [1.54, 1.807) is 0 Å². The lowest BCUT2D eigenvalue weighted by molar-refractivity contribution is -0.384. The molecule has 108 valence electrons. The van der Waals surface area contributed by atoms with Crippen LogP contribution in [0.1, 0.15) is 0 Å². The van der Waals surface area contributed by atoms with E-state index in [1.165, 1.54) is 0 Å². The summed E-state index contributed by atoms with van der Waals surface area (Å²) in [6, 6.07) is 0.803. The van der Waals surface area contributed by atoms with Gasteiger partial charge in [0.1, 0.15) is 19.0 Å². The van der Waals surface area contributed by atoms with Gasteiger partial charge in [-0.2, -0.15) is 0 Å². The van der Waals surface area contributed by atoms with E-state index in [4.69, 9.17) is 5.11 Å². The molecule has 0 saturated heterocycles. The third-order valence-corrected chi connectivity index (χ3v) is 1.95. The van der Waals surface area contributed by atoms with Gasteiger partial charge in [0, 0.05) is 6.07 Å². The van der Waals surface area contributed by atoms with E-state index in [2.05, 4.69) is 4.74 Å². The molecule has 0 spiro atoms. The molecule has 0 aliphatic rings. The number of carboxylic acid groups (broad SMARTS) is 1. The summed E-state index contributed by atoms with van der Waals surface area (Å²) in [5, 5.41) is 20.7. The van der Waals surface area contributed by atoms with E-state index in [9.17, 15) is 28.5 Å². The molecule has 0 unspecified atom stereocenters. The summed E-state index contributed by atoms with van der Waals surface area (Å²) in [6.45, 7) is -1.51. The Morgan fingerprint density at radius 3 is 2.55 bits per heavy atom. The van der Waals surface area contributed by atoms with E-state index in [0.717, 1.165) is 0 Å². The van der Waals surface area contributed by atoms with Gasteiger partial charge in [0.2, 0.25) is 0 Å². The minimum absolute atomic E-state index is 0.362. The van der Waals surface area contributed by atoms with Crippen molar-refractivity contribution in [1.82, 2.24) is 0 Å². The Kier molecular flexibility index (Phi) is 5.03. The molecule has 1 aromatic carbocycles. The average Bonchev–Trinajstić information content (AvgIpc) is 2.31. The quantitative estimate of drug-likeness (QED) is 0.593. The summed E-state index contributed by atoms with van der Waals surface area (Å²) < 4.78 is 30.7. The Balaban J connectivity index is 2.83. The molecule has 2 N–H and O–H groups in total. The van der Waals surface area contributed by atoms with Crippen LogP contribution in [0, 0.1) is 21.7 Å². The minimum atomic E-state index is -1.33. The van der Waals surface area contributed by atoms with Crippen LogP contribution in [0.15, 0.2) is 12.1 Å². The largest absolute Gasteiger partial charge is 0.480 e. The second-order valence-electron chi connectivity index (χ2n) is 3.47. The lowest BCUT2D eigenvalue weighted by Crippen LogP contribution is -2.22. The van der Waals surface area contributed by atoms with Gasteiger partial charge in [0.25, 0.3) is 11.6 Å².